The highest BCUT2D eigenvalue weighted by Crippen LogP contribution is 2.59. The molecule has 6 atom stereocenters. The Labute approximate surface area is 417 Å². The fourth-order valence-corrected chi connectivity index (χ4v) is 11.9. The van der Waals surface area contributed by atoms with Crippen molar-refractivity contribution in [3.63, 3.8) is 0 Å². The van der Waals surface area contributed by atoms with Crippen LogP contribution in [0, 0.1) is 34.4 Å². The number of nitrogens with one attached hydrogen (secondary N) is 4. The van der Waals surface area contributed by atoms with Crippen molar-refractivity contribution in [2.24, 2.45) is 23.8 Å². The number of imidazole rings is 1. The van der Waals surface area contributed by atoms with Crippen LogP contribution in [0.3, 0.4) is 0 Å². The number of benzene rings is 3. The number of halogens is 5. The molecule has 4 amide bonds. The molecule has 4 fully saturated rings. The summed E-state index contributed by atoms with van der Waals surface area (Å²) in [6.45, 7) is 7.14. The van der Waals surface area contributed by atoms with E-state index in [0.29, 0.717) is 41.7 Å². The van der Waals surface area contributed by atoms with Crippen LogP contribution in [0.1, 0.15) is 104 Å². The highest BCUT2D eigenvalue weighted by molar-refractivity contribution is 6.30. The van der Waals surface area contributed by atoms with Crippen LogP contribution in [-0.4, -0.2) is 81.5 Å². The number of hydrogen-bond acceptors (Lipinski definition) is 9. The molecule has 3 saturated heterocycles. The number of likely N-dealkylation sites (tertiary alicyclic amines) is 1. The van der Waals surface area contributed by atoms with Crippen molar-refractivity contribution in [2.45, 2.75) is 94.9 Å². The maximum absolute atomic E-state index is 16.3. The van der Waals surface area contributed by atoms with Crippen molar-refractivity contribution >= 4 is 57.6 Å². The Morgan fingerprint density at radius 2 is 1.78 bits per heavy atom. The van der Waals surface area contributed by atoms with Crippen molar-refractivity contribution in [1.82, 2.24) is 29.7 Å². The standard InChI is InChI=1S/C53H53ClF4N8O6/c1-50(2,3)25-41-52(27-60-35-23-40(53(56,57)58)59-26-32(35)52)43(31-7-6-8-33(54)44(31)55)45(62-41)47(69)61-34-13-11-29(22-39(34)72-5)48(70)65-19-17-51(18-20-65)24-30(51)12-9-28-10-14-36-38(21-28)64(4)49(71)66(36)37-15-16-42(67)63-46(37)68/h6-8,10-11,13-14,21-23,26,30,37,41,43,45,60,62H,15-20,24-25,27H2,1-5H3,(H,61,69)(H,63,67,68)/t30-,37?,41-,43-,45+,52-/m0/s1. The molecule has 14 nitrogen and oxygen atoms in total. The van der Waals surface area contributed by atoms with Crippen LogP contribution in [0.5, 0.6) is 5.75 Å². The molecule has 10 rings (SSSR count). The van der Waals surface area contributed by atoms with Gasteiger partial charge in [0.15, 0.2) is 0 Å². The van der Waals surface area contributed by atoms with E-state index in [1.54, 1.807) is 48.3 Å². The summed E-state index contributed by atoms with van der Waals surface area (Å²) in [5.41, 5.74) is 0.356. The van der Waals surface area contributed by atoms with Gasteiger partial charge in [-0.15, -0.1) is 0 Å². The number of nitrogens with zero attached hydrogens (tertiary/aromatic N) is 4. The molecular weight excluding hydrogens is 956 g/mol. The van der Waals surface area contributed by atoms with Crippen LogP contribution in [0.4, 0.5) is 28.9 Å². The number of fused-ring (bicyclic) bond motifs is 3. The maximum Gasteiger partial charge on any atom is 0.433 e. The van der Waals surface area contributed by atoms with Crippen molar-refractivity contribution in [2.75, 3.05) is 37.4 Å². The zero-order valence-electron chi connectivity index (χ0n) is 40.2. The Morgan fingerprint density at radius 3 is 2.49 bits per heavy atom. The van der Waals surface area contributed by atoms with E-state index in [0.717, 1.165) is 30.9 Å². The molecule has 5 aromatic rings. The number of piperidine rings is 2. The third kappa shape index (κ3) is 8.47. The van der Waals surface area contributed by atoms with Crippen molar-refractivity contribution in [3.05, 3.63) is 116 Å². The number of alkyl halides is 3. The number of aryl methyl sites for hydroxylation is 1. The molecule has 19 heteroatoms. The van der Waals surface area contributed by atoms with Gasteiger partial charge in [0, 0.05) is 85.0 Å². The van der Waals surface area contributed by atoms with E-state index in [1.165, 1.54) is 28.5 Å². The summed E-state index contributed by atoms with van der Waals surface area (Å²) in [7, 11) is 3.06. The molecule has 4 N–H and O–H groups in total. The number of ether oxygens (including phenoxy) is 1. The third-order valence-corrected chi connectivity index (χ3v) is 15.8. The molecule has 1 aliphatic carbocycles. The summed E-state index contributed by atoms with van der Waals surface area (Å²) < 4.78 is 66.7. The largest absolute Gasteiger partial charge is 0.495 e. The van der Waals surface area contributed by atoms with Crippen LogP contribution < -0.4 is 31.7 Å². The summed E-state index contributed by atoms with van der Waals surface area (Å²) in [4.78, 5) is 72.0. The number of hydrogen-bond donors (Lipinski definition) is 4. The molecule has 5 aliphatic rings. The van der Waals surface area contributed by atoms with E-state index in [4.69, 9.17) is 16.3 Å². The van der Waals surface area contributed by atoms with Gasteiger partial charge in [0.05, 0.1) is 34.9 Å². The van der Waals surface area contributed by atoms with Crippen molar-refractivity contribution in [3.8, 4) is 17.6 Å². The zero-order valence-corrected chi connectivity index (χ0v) is 41.0. The molecule has 1 unspecified atom stereocenters. The molecule has 3 aromatic carbocycles. The number of pyridine rings is 1. The maximum atomic E-state index is 16.3. The minimum atomic E-state index is -4.71. The third-order valence-electron chi connectivity index (χ3n) is 15.5. The topological polar surface area (TPSA) is 169 Å². The predicted octanol–water partition coefficient (Wildman–Crippen LogP) is 7.69. The Bertz CT molecular complexity index is 3220. The van der Waals surface area contributed by atoms with Gasteiger partial charge in [0.25, 0.3) is 5.91 Å². The first-order valence-corrected chi connectivity index (χ1v) is 24.4. The minimum absolute atomic E-state index is 0.0224. The lowest BCUT2D eigenvalue weighted by Gasteiger charge is -2.39. The number of carbonyl (C=O) groups excluding carboxylic acids is 4. The van der Waals surface area contributed by atoms with E-state index in [9.17, 15) is 37.1 Å². The van der Waals surface area contributed by atoms with Gasteiger partial charge in [-0.1, -0.05) is 56.3 Å². The summed E-state index contributed by atoms with van der Waals surface area (Å²) in [5.74, 6) is 3.74. The van der Waals surface area contributed by atoms with Crippen LogP contribution >= 0.6 is 11.6 Å². The smallest absolute Gasteiger partial charge is 0.433 e. The predicted molar refractivity (Wildman–Crippen MR) is 261 cm³/mol. The molecule has 0 radical (unpaired) electrons. The quantitative estimate of drug-likeness (QED) is 0.0726. The van der Waals surface area contributed by atoms with E-state index in [2.05, 4.69) is 38.1 Å². The first-order valence-electron chi connectivity index (χ1n) is 24.0. The van der Waals surface area contributed by atoms with Crippen molar-refractivity contribution < 1.29 is 41.5 Å². The molecule has 1 saturated carbocycles. The second-order valence-corrected chi connectivity index (χ2v) is 21.5. The van der Waals surface area contributed by atoms with Gasteiger partial charge in [-0.25, -0.2) is 9.18 Å². The monoisotopic (exact) mass is 1010 g/mol. The van der Waals surface area contributed by atoms with Gasteiger partial charge < -0.3 is 25.6 Å². The summed E-state index contributed by atoms with van der Waals surface area (Å²) in [5, 5.41) is 11.8. The van der Waals surface area contributed by atoms with Crippen LogP contribution in [0.25, 0.3) is 11.0 Å². The second-order valence-electron chi connectivity index (χ2n) is 21.1. The van der Waals surface area contributed by atoms with Gasteiger partial charge in [-0.2, -0.15) is 13.2 Å². The van der Waals surface area contributed by atoms with Gasteiger partial charge in [0.1, 0.15) is 23.3 Å². The summed E-state index contributed by atoms with van der Waals surface area (Å²) in [6, 6.07) is 13.2. The van der Waals surface area contributed by atoms with Crippen molar-refractivity contribution in [1.29, 1.82) is 0 Å². The number of anilines is 2. The van der Waals surface area contributed by atoms with Crippen LogP contribution in [0.2, 0.25) is 5.02 Å². The Morgan fingerprint density at radius 1 is 1.01 bits per heavy atom. The number of carbonyl (C=O) groups is 4. The number of imide groups is 1. The molecule has 2 spiro atoms. The first kappa shape index (κ1) is 48.9. The molecular formula is C53H53ClF4N8O6. The highest BCUT2D eigenvalue weighted by atomic mass is 35.5. The second kappa shape index (κ2) is 17.8. The summed E-state index contributed by atoms with van der Waals surface area (Å²) >= 11 is 6.37. The lowest BCUT2D eigenvalue weighted by molar-refractivity contribution is -0.141. The average Bonchev–Trinajstić information content (AvgIpc) is 3.57. The number of amides is 4. The first-order chi connectivity index (χ1) is 34.1. The number of methoxy groups -OCH3 is 1. The van der Waals surface area contributed by atoms with Gasteiger partial charge in [-0.05, 0) is 97.0 Å². The Kier molecular flexibility index (Phi) is 12.1. The molecule has 4 aliphatic heterocycles. The summed E-state index contributed by atoms with van der Waals surface area (Å²) in [6.07, 6.45) is -0.257. The molecule has 2 aromatic heterocycles. The van der Waals surface area contributed by atoms with E-state index < -0.39 is 59.0 Å². The van der Waals surface area contributed by atoms with E-state index >= 15 is 4.39 Å². The van der Waals surface area contributed by atoms with Crippen LogP contribution in [0.15, 0.2) is 71.7 Å². The van der Waals surface area contributed by atoms with Crippen LogP contribution in [-0.2, 0) is 33.0 Å². The lowest BCUT2D eigenvalue weighted by Crippen LogP contribution is -2.46. The molecule has 376 valence electrons. The number of rotatable bonds is 7. The average molecular weight is 1010 g/mol. The lowest BCUT2D eigenvalue weighted by atomic mass is 9.63. The molecule has 6 heterocycles. The Hall–Kier alpha value is -6.71. The van der Waals surface area contributed by atoms with E-state index in [-0.39, 0.29) is 81.3 Å². The Balaban J connectivity index is 0.843. The number of aromatic nitrogens is 3. The highest BCUT2D eigenvalue weighted by Gasteiger charge is 2.62. The SMILES string of the molecule is COc1cc(C(=O)N2CCC3(CC2)C[C@@H]3C#Cc2ccc3c(c2)n(C)c(=O)n3C2CCC(=O)NC2=O)ccc1NC(=O)[C@@H]1N[C@@H](CC(C)(C)C)[C@@]2(CNc3cc(C(F)(F)F)ncc32)[C@H]1c1cccc(Cl)c1F. The normalized spacial score (nSPS) is 24.4. The molecule has 72 heavy (non-hydrogen) atoms. The zero-order chi connectivity index (χ0) is 51.2. The van der Waals surface area contributed by atoms with Gasteiger partial charge in [-0.3, -0.25) is 38.6 Å². The van der Waals surface area contributed by atoms with E-state index in [1.807, 2.05) is 32.9 Å². The van der Waals surface area contributed by atoms with Gasteiger partial charge >= 0.3 is 11.9 Å². The minimum Gasteiger partial charge on any atom is -0.495 e. The van der Waals surface area contributed by atoms with Gasteiger partial charge in [0.2, 0.25) is 17.7 Å². The fourth-order valence-electron chi connectivity index (χ4n) is 11.7. The fraction of sp³-hybridized carbons (Fsp3) is 0.434. The molecule has 0 bridgehead atoms.